The SMILES string of the molecule is COc1ccc(S(=O)(=O)C[C@@H](C)C(=O)O)cc1. The van der Waals surface area contributed by atoms with Crippen LogP contribution < -0.4 is 4.74 Å². The molecule has 1 aromatic rings. The smallest absolute Gasteiger partial charge is 0.307 e. The van der Waals surface area contributed by atoms with Gasteiger partial charge in [-0.05, 0) is 24.3 Å². The van der Waals surface area contributed by atoms with Gasteiger partial charge in [-0.15, -0.1) is 0 Å². The third kappa shape index (κ3) is 3.45. The number of ether oxygens (including phenoxy) is 1. The van der Waals surface area contributed by atoms with Crippen molar-refractivity contribution in [2.75, 3.05) is 12.9 Å². The van der Waals surface area contributed by atoms with Gasteiger partial charge in [0.05, 0.1) is 23.7 Å². The van der Waals surface area contributed by atoms with Crippen LogP contribution in [0.25, 0.3) is 0 Å². The molecule has 0 fully saturated rings. The molecule has 0 aliphatic heterocycles. The average molecular weight is 258 g/mol. The number of hydrogen-bond donors (Lipinski definition) is 1. The fourth-order valence-corrected chi connectivity index (χ4v) is 2.82. The van der Waals surface area contributed by atoms with E-state index in [0.29, 0.717) is 5.75 Å². The molecule has 0 unspecified atom stereocenters. The van der Waals surface area contributed by atoms with Crippen molar-refractivity contribution in [2.24, 2.45) is 5.92 Å². The highest BCUT2D eigenvalue weighted by molar-refractivity contribution is 7.91. The van der Waals surface area contributed by atoms with E-state index in [9.17, 15) is 13.2 Å². The van der Waals surface area contributed by atoms with Gasteiger partial charge in [0.15, 0.2) is 9.84 Å². The topological polar surface area (TPSA) is 80.7 Å². The van der Waals surface area contributed by atoms with E-state index in [1.807, 2.05) is 0 Å². The maximum Gasteiger partial charge on any atom is 0.307 e. The number of carboxylic acid groups (broad SMARTS) is 1. The van der Waals surface area contributed by atoms with Crippen molar-refractivity contribution in [3.8, 4) is 5.75 Å². The molecule has 94 valence electrons. The predicted octanol–water partition coefficient (Wildman–Crippen LogP) is 1.19. The highest BCUT2D eigenvalue weighted by atomic mass is 32.2. The summed E-state index contributed by atoms with van der Waals surface area (Å²) in [4.78, 5) is 10.7. The Hall–Kier alpha value is -1.56. The van der Waals surface area contributed by atoms with Crippen LogP contribution in [0.1, 0.15) is 6.92 Å². The summed E-state index contributed by atoms with van der Waals surface area (Å²) in [6.45, 7) is 1.36. The lowest BCUT2D eigenvalue weighted by atomic mass is 10.2. The number of methoxy groups -OCH3 is 1. The number of hydrogen-bond acceptors (Lipinski definition) is 4. The number of sulfone groups is 1. The molecule has 0 heterocycles. The van der Waals surface area contributed by atoms with E-state index in [4.69, 9.17) is 9.84 Å². The first-order chi connectivity index (χ1) is 7.86. The highest BCUT2D eigenvalue weighted by Gasteiger charge is 2.22. The Balaban J connectivity index is 2.93. The first-order valence-corrected chi connectivity index (χ1v) is 6.61. The van der Waals surface area contributed by atoms with Gasteiger partial charge in [0, 0.05) is 0 Å². The van der Waals surface area contributed by atoms with Crippen LogP contribution in [0.3, 0.4) is 0 Å². The van der Waals surface area contributed by atoms with Crippen LogP contribution >= 0.6 is 0 Å². The van der Waals surface area contributed by atoms with E-state index in [2.05, 4.69) is 0 Å². The lowest BCUT2D eigenvalue weighted by Crippen LogP contribution is -2.21. The van der Waals surface area contributed by atoms with E-state index >= 15 is 0 Å². The number of aliphatic carboxylic acids is 1. The van der Waals surface area contributed by atoms with Crippen molar-refractivity contribution in [1.82, 2.24) is 0 Å². The minimum atomic E-state index is -3.57. The van der Waals surface area contributed by atoms with Crippen molar-refractivity contribution < 1.29 is 23.1 Å². The van der Waals surface area contributed by atoms with Crippen molar-refractivity contribution in [3.63, 3.8) is 0 Å². The zero-order valence-corrected chi connectivity index (χ0v) is 10.4. The highest BCUT2D eigenvalue weighted by Crippen LogP contribution is 2.18. The van der Waals surface area contributed by atoms with Crippen LogP contribution in [0.4, 0.5) is 0 Å². The fourth-order valence-electron chi connectivity index (χ4n) is 1.28. The summed E-state index contributed by atoms with van der Waals surface area (Å²) >= 11 is 0. The summed E-state index contributed by atoms with van der Waals surface area (Å²) in [5, 5.41) is 8.69. The van der Waals surface area contributed by atoms with Gasteiger partial charge >= 0.3 is 5.97 Å². The quantitative estimate of drug-likeness (QED) is 0.858. The zero-order chi connectivity index (χ0) is 13.1. The lowest BCUT2D eigenvalue weighted by molar-refractivity contribution is -0.140. The lowest BCUT2D eigenvalue weighted by Gasteiger charge is -2.08. The van der Waals surface area contributed by atoms with Crippen molar-refractivity contribution >= 4 is 15.8 Å². The summed E-state index contributed by atoms with van der Waals surface area (Å²) in [7, 11) is -2.08. The van der Waals surface area contributed by atoms with E-state index in [1.54, 1.807) is 0 Å². The van der Waals surface area contributed by atoms with Gasteiger partial charge in [-0.3, -0.25) is 4.79 Å². The number of rotatable bonds is 5. The molecular formula is C11H14O5S. The standard InChI is InChI=1S/C11H14O5S/c1-8(11(12)13)7-17(14,15)10-5-3-9(16-2)4-6-10/h3-6,8H,7H2,1-2H3,(H,12,13)/t8-/m1/s1. The Labute approximate surface area is 100.0 Å². The van der Waals surface area contributed by atoms with Gasteiger partial charge in [0.1, 0.15) is 5.75 Å². The molecule has 6 heteroatoms. The first-order valence-electron chi connectivity index (χ1n) is 4.96. The minimum absolute atomic E-state index is 0.103. The Morgan fingerprint density at radius 1 is 1.35 bits per heavy atom. The monoisotopic (exact) mass is 258 g/mol. The van der Waals surface area contributed by atoms with Crippen LogP contribution in [-0.4, -0.2) is 32.4 Å². The Bertz CT molecular complexity index is 489. The second kappa shape index (κ2) is 5.18. The van der Waals surface area contributed by atoms with Gasteiger partial charge in [-0.1, -0.05) is 6.92 Å². The largest absolute Gasteiger partial charge is 0.497 e. The normalized spacial score (nSPS) is 13.1. The number of carbonyl (C=O) groups is 1. The molecule has 0 aromatic heterocycles. The van der Waals surface area contributed by atoms with Crippen LogP contribution in [-0.2, 0) is 14.6 Å². The molecule has 0 saturated carbocycles. The first kappa shape index (κ1) is 13.5. The third-order valence-electron chi connectivity index (χ3n) is 2.31. The zero-order valence-electron chi connectivity index (χ0n) is 9.58. The molecule has 17 heavy (non-hydrogen) atoms. The van der Waals surface area contributed by atoms with Crippen molar-refractivity contribution in [1.29, 1.82) is 0 Å². The predicted molar refractivity (Wildman–Crippen MR) is 61.8 cm³/mol. The number of benzene rings is 1. The van der Waals surface area contributed by atoms with Gasteiger partial charge in [0.25, 0.3) is 0 Å². The molecule has 0 spiro atoms. The second-order valence-corrected chi connectivity index (χ2v) is 5.73. The molecule has 0 saturated heterocycles. The van der Waals surface area contributed by atoms with Crippen molar-refractivity contribution in [3.05, 3.63) is 24.3 Å². The summed E-state index contributed by atoms with van der Waals surface area (Å²) < 4.78 is 28.6. The molecule has 1 aromatic carbocycles. The van der Waals surface area contributed by atoms with Crippen LogP contribution in [0.15, 0.2) is 29.2 Å². The summed E-state index contributed by atoms with van der Waals surface area (Å²) in [6, 6.07) is 5.86. The second-order valence-electron chi connectivity index (χ2n) is 3.70. The molecule has 1 N–H and O–H groups in total. The fraction of sp³-hybridized carbons (Fsp3) is 0.364. The van der Waals surface area contributed by atoms with E-state index < -0.39 is 27.5 Å². The molecule has 1 atom stereocenters. The maximum absolute atomic E-state index is 11.8. The summed E-state index contributed by atoms with van der Waals surface area (Å²) in [6.07, 6.45) is 0. The minimum Gasteiger partial charge on any atom is -0.497 e. The molecular weight excluding hydrogens is 244 g/mol. The van der Waals surface area contributed by atoms with E-state index in [1.165, 1.54) is 38.3 Å². The number of carboxylic acids is 1. The Morgan fingerprint density at radius 3 is 2.29 bits per heavy atom. The molecule has 0 amide bonds. The van der Waals surface area contributed by atoms with Gasteiger partial charge in [-0.2, -0.15) is 0 Å². The van der Waals surface area contributed by atoms with E-state index in [0.717, 1.165) is 0 Å². The maximum atomic E-state index is 11.8. The molecule has 0 aliphatic carbocycles. The third-order valence-corrected chi connectivity index (χ3v) is 4.24. The average Bonchev–Trinajstić information content (AvgIpc) is 2.28. The van der Waals surface area contributed by atoms with Crippen LogP contribution in [0.2, 0.25) is 0 Å². The summed E-state index contributed by atoms with van der Waals surface area (Å²) in [5.41, 5.74) is 0. The summed E-state index contributed by atoms with van der Waals surface area (Å²) in [5.74, 6) is -1.91. The van der Waals surface area contributed by atoms with Crippen LogP contribution in [0, 0.1) is 5.92 Å². The van der Waals surface area contributed by atoms with E-state index in [-0.39, 0.29) is 4.90 Å². The van der Waals surface area contributed by atoms with Gasteiger partial charge in [-0.25, -0.2) is 8.42 Å². The van der Waals surface area contributed by atoms with Gasteiger partial charge in [0.2, 0.25) is 0 Å². The Kier molecular flexibility index (Phi) is 4.11. The molecule has 1 rings (SSSR count). The van der Waals surface area contributed by atoms with Crippen LogP contribution in [0.5, 0.6) is 5.75 Å². The Morgan fingerprint density at radius 2 is 1.88 bits per heavy atom. The molecule has 0 aliphatic rings. The van der Waals surface area contributed by atoms with Crippen molar-refractivity contribution in [2.45, 2.75) is 11.8 Å². The van der Waals surface area contributed by atoms with Gasteiger partial charge < -0.3 is 9.84 Å². The molecule has 0 bridgehead atoms. The molecule has 0 radical (unpaired) electrons. The molecule has 5 nitrogen and oxygen atoms in total.